The van der Waals surface area contributed by atoms with E-state index in [1.807, 2.05) is 0 Å². The number of anilines is 1. The number of carbonyl (C=O) groups excluding carboxylic acids is 1. The molecule has 2 aromatic rings. The van der Waals surface area contributed by atoms with Crippen LogP contribution in [0.25, 0.3) is 5.95 Å². The molecule has 106 valence electrons. The lowest BCUT2D eigenvalue weighted by Gasteiger charge is -2.10. The standard InChI is InChI=1S/C10H13ClN8O/c1-18(2)7(20)3-4-13-9-15-8(11)16-10(17-9)19-6-12-5-14-19/h5-6H,3-4H2,1-2H3,(H,13,15,16,17). The molecule has 20 heavy (non-hydrogen) atoms. The average Bonchev–Trinajstić information content (AvgIpc) is 2.91. The normalized spacial score (nSPS) is 10.3. The maximum absolute atomic E-state index is 11.4. The van der Waals surface area contributed by atoms with Crippen molar-refractivity contribution < 1.29 is 4.79 Å². The van der Waals surface area contributed by atoms with Crippen molar-refractivity contribution in [1.29, 1.82) is 0 Å². The summed E-state index contributed by atoms with van der Waals surface area (Å²) in [4.78, 5) is 28.8. The Labute approximate surface area is 120 Å². The molecule has 0 saturated heterocycles. The second-order valence-corrected chi connectivity index (χ2v) is 4.37. The molecule has 0 fully saturated rings. The molecule has 0 unspecified atom stereocenters. The zero-order chi connectivity index (χ0) is 14.5. The molecule has 2 heterocycles. The van der Waals surface area contributed by atoms with Gasteiger partial charge in [0.05, 0.1) is 0 Å². The molecule has 0 spiro atoms. The van der Waals surface area contributed by atoms with Crippen LogP contribution in [-0.4, -0.2) is 61.2 Å². The van der Waals surface area contributed by atoms with E-state index >= 15 is 0 Å². The number of aromatic nitrogens is 6. The van der Waals surface area contributed by atoms with Gasteiger partial charge in [0.1, 0.15) is 12.7 Å². The van der Waals surface area contributed by atoms with Crippen LogP contribution in [0.15, 0.2) is 12.7 Å². The summed E-state index contributed by atoms with van der Waals surface area (Å²) in [6, 6.07) is 0. The van der Waals surface area contributed by atoms with Crippen LogP contribution in [0.5, 0.6) is 0 Å². The first kappa shape index (κ1) is 14.1. The molecule has 0 radical (unpaired) electrons. The van der Waals surface area contributed by atoms with Gasteiger partial charge in [0.2, 0.25) is 17.1 Å². The molecule has 2 rings (SSSR count). The number of rotatable bonds is 5. The fourth-order valence-corrected chi connectivity index (χ4v) is 1.49. The SMILES string of the molecule is CN(C)C(=O)CCNc1nc(Cl)nc(-n2cncn2)n1. The third kappa shape index (κ3) is 3.60. The van der Waals surface area contributed by atoms with Crippen molar-refractivity contribution in [3.8, 4) is 5.95 Å². The Kier molecular flexibility index (Phi) is 4.41. The third-order valence-electron chi connectivity index (χ3n) is 2.34. The fraction of sp³-hybridized carbons (Fsp3) is 0.400. The van der Waals surface area contributed by atoms with Gasteiger partial charge in [0.15, 0.2) is 0 Å². The van der Waals surface area contributed by atoms with Crippen molar-refractivity contribution >= 4 is 23.5 Å². The number of halogens is 1. The zero-order valence-electron chi connectivity index (χ0n) is 11.0. The van der Waals surface area contributed by atoms with Crippen LogP contribution >= 0.6 is 11.6 Å². The van der Waals surface area contributed by atoms with Crippen LogP contribution in [-0.2, 0) is 4.79 Å². The second-order valence-electron chi connectivity index (χ2n) is 4.03. The Morgan fingerprint density at radius 3 is 2.85 bits per heavy atom. The Bertz CT molecular complexity index is 585. The molecule has 0 saturated carbocycles. The van der Waals surface area contributed by atoms with Crippen LogP contribution in [0, 0.1) is 0 Å². The topological polar surface area (TPSA) is 102 Å². The van der Waals surface area contributed by atoms with Gasteiger partial charge in [0, 0.05) is 27.1 Å². The highest BCUT2D eigenvalue weighted by Crippen LogP contribution is 2.08. The van der Waals surface area contributed by atoms with Crippen LogP contribution in [0.4, 0.5) is 5.95 Å². The van der Waals surface area contributed by atoms with Gasteiger partial charge in [-0.15, -0.1) is 0 Å². The van der Waals surface area contributed by atoms with Crippen LogP contribution in [0.1, 0.15) is 6.42 Å². The molecular formula is C10H13ClN8O. The van der Waals surface area contributed by atoms with E-state index in [4.69, 9.17) is 11.6 Å². The molecule has 0 bridgehead atoms. The number of hydrogen-bond acceptors (Lipinski definition) is 7. The number of amides is 1. The summed E-state index contributed by atoms with van der Waals surface area (Å²) in [7, 11) is 3.40. The number of nitrogens with one attached hydrogen (secondary N) is 1. The van der Waals surface area contributed by atoms with E-state index < -0.39 is 0 Å². The van der Waals surface area contributed by atoms with E-state index in [0.717, 1.165) is 0 Å². The number of carbonyl (C=O) groups is 1. The minimum atomic E-state index is 0.00847. The summed E-state index contributed by atoms with van der Waals surface area (Å²) in [5.74, 6) is 0.542. The average molecular weight is 297 g/mol. The first-order valence-corrected chi connectivity index (χ1v) is 6.14. The van der Waals surface area contributed by atoms with Crippen LogP contribution < -0.4 is 5.32 Å². The minimum absolute atomic E-state index is 0.00847. The number of hydrogen-bond donors (Lipinski definition) is 1. The summed E-state index contributed by atoms with van der Waals surface area (Å²) in [5.41, 5.74) is 0. The number of nitrogens with zero attached hydrogens (tertiary/aromatic N) is 7. The van der Waals surface area contributed by atoms with Crippen molar-refractivity contribution in [2.75, 3.05) is 26.0 Å². The highest BCUT2D eigenvalue weighted by molar-refractivity contribution is 6.28. The predicted octanol–water partition coefficient (Wildman–Crippen LogP) is -0.00410. The van der Waals surface area contributed by atoms with E-state index in [1.165, 1.54) is 22.2 Å². The summed E-state index contributed by atoms with van der Waals surface area (Å²) in [6.45, 7) is 0.397. The summed E-state index contributed by atoms with van der Waals surface area (Å²) in [6.07, 6.45) is 3.14. The van der Waals surface area contributed by atoms with Crippen LogP contribution in [0.3, 0.4) is 0 Å². The molecular weight excluding hydrogens is 284 g/mol. The lowest BCUT2D eigenvalue weighted by atomic mass is 10.4. The molecule has 9 nitrogen and oxygen atoms in total. The van der Waals surface area contributed by atoms with Gasteiger partial charge in [0.25, 0.3) is 5.95 Å². The summed E-state index contributed by atoms with van der Waals surface area (Å²) >= 11 is 5.82. The van der Waals surface area contributed by atoms with Crippen molar-refractivity contribution in [2.45, 2.75) is 6.42 Å². The van der Waals surface area contributed by atoms with E-state index in [2.05, 4.69) is 30.4 Å². The Morgan fingerprint density at radius 1 is 1.40 bits per heavy atom. The van der Waals surface area contributed by atoms with Crippen molar-refractivity contribution in [3.05, 3.63) is 17.9 Å². The predicted molar refractivity (Wildman–Crippen MR) is 71.6 cm³/mol. The first-order chi connectivity index (χ1) is 9.56. The molecule has 0 aliphatic rings. The van der Waals surface area contributed by atoms with Gasteiger partial charge in [-0.2, -0.15) is 24.7 Å². The molecule has 1 N–H and O–H groups in total. The van der Waals surface area contributed by atoms with Gasteiger partial charge < -0.3 is 10.2 Å². The molecule has 1 amide bonds. The third-order valence-corrected chi connectivity index (χ3v) is 2.51. The maximum Gasteiger partial charge on any atom is 0.258 e. The first-order valence-electron chi connectivity index (χ1n) is 5.77. The Hall–Kier alpha value is -2.29. The fourth-order valence-electron chi connectivity index (χ4n) is 1.34. The second kappa shape index (κ2) is 6.24. The largest absolute Gasteiger partial charge is 0.354 e. The zero-order valence-corrected chi connectivity index (χ0v) is 11.7. The maximum atomic E-state index is 11.4. The van der Waals surface area contributed by atoms with E-state index in [1.54, 1.807) is 14.1 Å². The van der Waals surface area contributed by atoms with Gasteiger partial charge in [-0.3, -0.25) is 4.79 Å². The quantitative estimate of drug-likeness (QED) is 0.828. The van der Waals surface area contributed by atoms with Crippen molar-refractivity contribution in [1.82, 2.24) is 34.6 Å². The smallest absolute Gasteiger partial charge is 0.258 e. The highest BCUT2D eigenvalue weighted by Gasteiger charge is 2.08. The summed E-state index contributed by atoms with van der Waals surface area (Å²) < 4.78 is 1.36. The summed E-state index contributed by atoms with van der Waals surface area (Å²) in [5, 5.41) is 6.86. The van der Waals surface area contributed by atoms with Gasteiger partial charge >= 0.3 is 0 Å². The molecule has 0 atom stereocenters. The monoisotopic (exact) mass is 296 g/mol. The highest BCUT2D eigenvalue weighted by atomic mass is 35.5. The molecule has 0 aromatic carbocycles. The van der Waals surface area contributed by atoms with Gasteiger partial charge in [-0.1, -0.05) is 0 Å². The van der Waals surface area contributed by atoms with Gasteiger partial charge in [-0.05, 0) is 11.6 Å². The van der Waals surface area contributed by atoms with E-state index in [-0.39, 0.29) is 23.1 Å². The van der Waals surface area contributed by atoms with Crippen LogP contribution in [0.2, 0.25) is 5.28 Å². The molecule has 0 aliphatic carbocycles. The Morgan fingerprint density at radius 2 is 2.20 bits per heavy atom. The molecule has 10 heteroatoms. The lowest BCUT2D eigenvalue weighted by molar-refractivity contribution is -0.128. The van der Waals surface area contributed by atoms with E-state index in [9.17, 15) is 4.79 Å². The van der Waals surface area contributed by atoms with Gasteiger partial charge in [-0.25, -0.2) is 4.98 Å². The molecule has 0 aliphatic heterocycles. The molecule has 2 aromatic heterocycles. The Balaban J connectivity index is 2.04. The van der Waals surface area contributed by atoms with Crippen molar-refractivity contribution in [2.24, 2.45) is 0 Å². The lowest BCUT2D eigenvalue weighted by Crippen LogP contribution is -2.24. The van der Waals surface area contributed by atoms with Crippen molar-refractivity contribution in [3.63, 3.8) is 0 Å². The minimum Gasteiger partial charge on any atom is -0.354 e. The van der Waals surface area contributed by atoms with E-state index in [0.29, 0.717) is 13.0 Å².